The molecule has 1 atom stereocenters. The Balaban J connectivity index is 1.39. The Morgan fingerprint density at radius 1 is 1.07 bits per heavy atom. The van der Waals surface area contributed by atoms with Crippen LogP contribution in [0, 0.1) is 0 Å². The van der Waals surface area contributed by atoms with Gasteiger partial charge in [-0.1, -0.05) is 41.9 Å². The van der Waals surface area contributed by atoms with Gasteiger partial charge in [-0.2, -0.15) is 0 Å². The molecular formula is C22H26ClN2O4+. The number of ether oxygens (including phenoxy) is 2. The third kappa shape index (κ3) is 6.48. The summed E-state index contributed by atoms with van der Waals surface area (Å²) in [5, 5.41) is 0.588. The minimum absolute atomic E-state index is 0.163. The van der Waals surface area contributed by atoms with Crippen LogP contribution in [-0.4, -0.2) is 55.7 Å². The van der Waals surface area contributed by atoms with E-state index < -0.39 is 12.1 Å². The number of benzene rings is 2. The van der Waals surface area contributed by atoms with E-state index in [0.29, 0.717) is 23.9 Å². The maximum Gasteiger partial charge on any atom is 0.344 e. The molecule has 154 valence electrons. The normalized spacial score (nSPS) is 15.6. The van der Waals surface area contributed by atoms with Crippen LogP contribution in [0.1, 0.15) is 12.5 Å². The molecule has 1 heterocycles. The molecule has 7 heteroatoms. The predicted molar refractivity (Wildman–Crippen MR) is 110 cm³/mol. The van der Waals surface area contributed by atoms with E-state index in [9.17, 15) is 9.59 Å². The fraction of sp³-hybridized carbons (Fsp3) is 0.364. The molecule has 3 rings (SSSR count). The zero-order chi connectivity index (χ0) is 20.6. The first kappa shape index (κ1) is 21.1. The fourth-order valence-corrected chi connectivity index (χ4v) is 3.44. The van der Waals surface area contributed by atoms with E-state index in [1.807, 2.05) is 18.2 Å². The summed E-state index contributed by atoms with van der Waals surface area (Å²) in [6.07, 6.45) is -0.827. The van der Waals surface area contributed by atoms with Crippen molar-refractivity contribution in [2.24, 2.45) is 0 Å². The van der Waals surface area contributed by atoms with Crippen LogP contribution in [0.3, 0.4) is 0 Å². The van der Waals surface area contributed by atoms with Crippen LogP contribution in [0.4, 0.5) is 0 Å². The van der Waals surface area contributed by atoms with E-state index in [1.165, 1.54) is 10.5 Å². The minimum Gasteiger partial charge on any atom is -0.482 e. The Morgan fingerprint density at radius 3 is 2.38 bits per heavy atom. The number of rotatable bonds is 7. The number of carbonyl (C=O) groups is 2. The lowest BCUT2D eigenvalue weighted by Gasteiger charge is -2.33. The molecule has 1 N–H and O–H groups in total. The Kier molecular flexibility index (Phi) is 7.49. The number of hydrogen-bond donors (Lipinski definition) is 1. The van der Waals surface area contributed by atoms with Gasteiger partial charge in [-0.05, 0) is 31.2 Å². The van der Waals surface area contributed by atoms with Gasteiger partial charge in [0.1, 0.15) is 12.3 Å². The molecule has 1 aliphatic heterocycles. The van der Waals surface area contributed by atoms with Crippen LogP contribution < -0.4 is 9.64 Å². The van der Waals surface area contributed by atoms with Gasteiger partial charge in [0, 0.05) is 10.6 Å². The second-order valence-electron chi connectivity index (χ2n) is 7.11. The van der Waals surface area contributed by atoms with E-state index >= 15 is 0 Å². The first-order chi connectivity index (χ1) is 14.0. The standard InChI is InChI=1S/C22H25ClN2O4/c1-17(29-21(26)16-28-20-9-7-19(23)8-10-20)22(27)25-13-11-24(12-14-25)15-18-5-3-2-4-6-18/h2-10,17H,11-16H2,1H3/p+1/t17-/m1/s1. The van der Waals surface area contributed by atoms with Crippen molar-refractivity contribution in [3.05, 3.63) is 65.2 Å². The Morgan fingerprint density at radius 2 is 1.72 bits per heavy atom. The predicted octanol–water partition coefficient (Wildman–Crippen LogP) is 1.58. The van der Waals surface area contributed by atoms with E-state index in [0.717, 1.165) is 19.6 Å². The van der Waals surface area contributed by atoms with Crippen LogP contribution in [0.25, 0.3) is 0 Å². The molecule has 0 aliphatic carbocycles. The van der Waals surface area contributed by atoms with Gasteiger partial charge in [-0.25, -0.2) is 4.79 Å². The summed E-state index contributed by atoms with van der Waals surface area (Å²) in [7, 11) is 0. The van der Waals surface area contributed by atoms with Crippen LogP contribution in [0.15, 0.2) is 54.6 Å². The summed E-state index contributed by atoms with van der Waals surface area (Å²) < 4.78 is 10.6. The molecule has 1 aliphatic rings. The largest absolute Gasteiger partial charge is 0.482 e. The third-order valence-corrected chi connectivity index (χ3v) is 5.16. The second-order valence-corrected chi connectivity index (χ2v) is 7.55. The number of nitrogens with one attached hydrogen (secondary N) is 1. The smallest absolute Gasteiger partial charge is 0.344 e. The third-order valence-electron chi connectivity index (χ3n) is 4.91. The molecule has 0 aromatic heterocycles. The molecule has 29 heavy (non-hydrogen) atoms. The lowest BCUT2D eigenvalue weighted by molar-refractivity contribution is -0.917. The van der Waals surface area contributed by atoms with Crippen LogP contribution in [0.5, 0.6) is 5.75 Å². The average molecular weight is 418 g/mol. The molecule has 2 aromatic carbocycles. The maximum absolute atomic E-state index is 12.6. The van der Waals surface area contributed by atoms with E-state index in [1.54, 1.807) is 36.1 Å². The Bertz CT molecular complexity index is 805. The van der Waals surface area contributed by atoms with Gasteiger partial charge in [-0.3, -0.25) is 4.79 Å². The van der Waals surface area contributed by atoms with Crippen molar-refractivity contribution in [3.8, 4) is 5.75 Å². The molecule has 2 aromatic rings. The van der Waals surface area contributed by atoms with E-state index in [4.69, 9.17) is 21.1 Å². The number of halogens is 1. The number of carbonyl (C=O) groups excluding carboxylic acids is 2. The summed E-state index contributed by atoms with van der Waals surface area (Å²) in [5.41, 5.74) is 1.30. The molecule has 0 radical (unpaired) electrons. The molecule has 1 fully saturated rings. The van der Waals surface area contributed by atoms with Crippen molar-refractivity contribution in [1.29, 1.82) is 0 Å². The van der Waals surface area contributed by atoms with Crippen molar-refractivity contribution >= 4 is 23.5 Å². The number of esters is 1. The van der Waals surface area contributed by atoms with Crippen molar-refractivity contribution in [3.63, 3.8) is 0 Å². The highest BCUT2D eigenvalue weighted by Crippen LogP contribution is 2.15. The number of piperazine rings is 1. The zero-order valence-electron chi connectivity index (χ0n) is 16.5. The number of amides is 1. The number of hydrogen-bond acceptors (Lipinski definition) is 4. The summed E-state index contributed by atoms with van der Waals surface area (Å²) in [4.78, 5) is 27.8. The lowest BCUT2D eigenvalue weighted by atomic mass is 10.2. The van der Waals surface area contributed by atoms with Crippen LogP contribution >= 0.6 is 11.6 Å². The SMILES string of the molecule is C[C@@H](OC(=O)COc1ccc(Cl)cc1)C(=O)N1CC[NH+](Cc2ccccc2)CC1. The average Bonchev–Trinajstić information content (AvgIpc) is 2.74. The summed E-state index contributed by atoms with van der Waals surface area (Å²) in [6, 6.07) is 17.0. The summed E-state index contributed by atoms with van der Waals surface area (Å²) >= 11 is 5.81. The molecule has 1 amide bonds. The molecular weight excluding hydrogens is 392 g/mol. The van der Waals surface area contributed by atoms with Crippen LogP contribution in [0.2, 0.25) is 5.02 Å². The van der Waals surface area contributed by atoms with Gasteiger partial charge < -0.3 is 19.3 Å². The molecule has 6 nitrogen and oxygen atoms in total. The van der Waals surface area contributed by atoms with Gasteiger partial charge in [0.25, 0.3) is 5.91 Å². The summed E-state index contributed by atoms with van der Waals surface area (Å²) in [6.45, 7) is 5.37. The monoisotopic (exact) mass is 417 g/mol. The first-order valence-corrected chi connectivity index (χ1v) is 10.1. The van der Waals surface area contributed by atoms with E-state index in [2.05, 4.69) is 12.1 Å². The Labute approximate surface area is 176 Å². The van der Waals surface area contributed by atoms with Crippen molar-refractivity contribution in [2.45, 2.75) is 19.6 Å². The fourth-order valence-electron chi connectivity index (χ4n) is 3.32. The molecule has 0 bridgehead atoms. The van der Waals surface area contributed by atoms with Gasteiger partial charge in [0.2, 0.25) is 0 Å². The van der Waals surface area contributed by atoms with Gasteiger partial charge in [-0.15, -0.1) is 0 Å². The highest BCUT2D eigenvalue weighted by Gasteiger charge is 2.28. The number of quaternary nitrogens is 1. The second kappa shape index (κ2) is 10.3. The van der Waals surface area contributed by atoms with Crippen molar-refractivity contribution in [2.75, 3.05) is 32.8 Å². The van der Waals surface area contributed by atoms with Gasteiger partial charge >= 0.3 is 5.97 Å². The molecule has 0 spiro atoms. The first-order valence-electron chi connectivity index (χ1n) is 9.75. The highest BCUT2D eigenvalue weighted by molar-refractivity contribution is 6.30. The molecule has 1 saturated heterocycles. The topological polar surface area (TPSA) is 60.3 Å². The summed E-state index contributed by atoms with van der Waals surface area (Å²) in [5.74, 6) is -0.222. The van der Waals surface area contributed by atoms with Crippen molar-refractivity contribution < 1.29 is 24.0 Å². The minimum atomic E-state index is -0.827. The highest BCUT2D eigenvalue weighted by atomic mass is 35.5. The van der Waals surface area contributed by atoms with Crippen LogP contribution in [-0.2, 0) is 20.9 Å². The molecule has 0 saturated carbocycles. The number of nitrogens with zero attached hydrogens (tertiary/aromatic N) is 1. The van der Waals surface area contributed by atoms with E-state index in [-0.39, 0.29) is 12.5 Å². The Hall–Kier alpha value is -2.57. The quantitative estimate of drug-likeness (QED) is 0.695. The maximum atomic E-state index is 12.6. The zero-order valence-corrected chi connectivity index (χ0v) is 17.2. The van der Waals surface area contributed by atoms with Gasteiger partial charge in [0.15, 0.2) is 12.7 Å². The van der Waals surface area contributed by atoms with Crippen molar-refractivity contribution in [1.82, 2.24) is 4.90 Å². The molecule has 0 unspecified atom stereocenters. The lowest BCUT2D eigenvalue weighted by Crippen LogP contribution is -3.13. The van der Waals surface area contributed by atoms with Gasteiger partial charge in [0.05, 0.1) is 26.2 Å².